The molecule has 0 saturated carbocycles. The third-order valence-electron chi connectivity index (χ3n) is 3.05. The van der Waals surface area contributed by atoms with Gasteiger partial charge in [0.15, 0.2) is 4.60 Å². The second-order valence-corrected chi connectivity index (χ2v) is 5.19. The zero-order valence-electron chi connectivity index (χ0n) is 11.2. The molecule has 0 spiro atoms. The van der Waals surface area contributed by atoms with Crippen molar-refractivity contribution < 1.29 is 8.78 Å². The summed E-state index contributed by atoms with van der Waals surface area (Å²) in [6, 6.07) is 3.47. The third kappa shape index (κ3) is 3.21. The summed E-state index contributed by atoms with van der Waals surface area (Å²) in [5.74, 6) is -1.12. The Morgan fingerprint density at radius 3 is 2.70 bits per heavy atom. The zero-order chi connectivity index (χ0) is 14.7. The van der Waals surface area contributed by atoms with Crippen molar-refractivity contribution in [2.45, 2.75) is 19.4 Å². The van der Waals surface area contributed by atoms with Crippen molar-refractivity contribution in [3.8, 4) is 0 Å². The molecule has 0 amide bonds. The van der Waals surface area contributed by atoms with E-state index in [0.29, 0.717) is 23.1 Å². The van der Waals surface area contributed by atoms with Gasteiger partial charge in [-0.15, -0.1) is 5.10 Å². The zero-order valence-corrected chi connectivity index (χ0v) is 12.8. The van der Waals surface area contributed by atoms with Crippen LogP contribution in [-0.2, 0) is 13.5 Å². The van der Waals surface area contributed by atoms with Crippen molar-refractivity contribution >= 4 is 15.9 Å². The van der Waals surface area contributed by atoms with Crippen LogP contribution in [0, 0.1) is 11.6 Å². The van der Waals surface area contributed by atoms with Crippen molar-refractivity contribution in [2.24, 2.45) is 7.05 Å². The molecule has 0 saturated heterocycles. The SMILES string of the molecule is CCNC(Cc1ccc(F)cc1F)c1c(Br)nnn1C. The number of rotatable bonds is 5. The lowest BCUT2D eigenvalue weighted by atomic mass is 10.0. The summed E-state index contributed by atoms with van der Waals surface area (Å²) >= 11 is 3.34. The van der Waals surface area contributed by atoms with Gasteiger partial charge in [0.25, 0.3) is 0 Å². The summed E-state index contributed by atoms with van der Waals surface area (Å²) in [6.45, 7) is 2.68. The molecule has 20 heavy (non-hydrogen) atoms. The molecule has 2 rings (SSSR count). The molecular formula is C13H15BrF2N4. The Morgan fingerprint density at radius 1 is 1.40 bits per heavy atom. The van der Waals surface area contributed by atoms with E-state index in [1.165, 1.54) is 12.1 Å². The van der Waals surface area contributed by atoms with Crippen molar-refractivity contribution in [2.75, 3.05) is 6.54 Å². The molecular weight excluding hydrogens is 330 g/mol. The maximum Gasteiger partial charge on any atom is 0.153 e. The molecule has 1 aromatic carbocycles. The van der Waals surface area contributed by atoms with Gasteiger partial charge in [0.2, 0.25) is 0 Å². The van der Waals surface area contributed by atoms with Gasteiger partial charge < -0.3 is 5.32 Å². The molecule has 0 aliphatic rings. The molecule has 1 aromatic heterocycles. The Labute approximate surface area is 124 Å². The van der Waals surface area contributed by atoms with Gasteiger partial charge in [0, 0.05) is 13.1 Å². The van der Waals surface area contributed by atoms with Gasteiger partial charge in [-0.1, -0.05) is 18.2 Å². The predicted octanol–water partition coefficient (Wildman–Crippen LogP) is 2.75. The summed E-state index contributed by atoms with van der Waals surface area (Å²) in [6.07, 6.45) is 0.389. The van der Waals surface area contributed by atoms with Crippen LogP contribution < -0.4 is 5.32 Å². The van der Waals surface area contributed by atoms with Crippen LogP contribution in [-0.4, -0.2) is 21.5 Å². The summed E-state index contributed by atoms with van der Waals surface area (Å²) in [5.41, 5.74) is 1.28. The van der Waals surface area contributed by atoms with Gasteiger partial charge in [-0.3, -0.25) is 0 Å². The highest BCUT2D eigenvalue weighted by Crippen LogP contribution is 2.25. The minimum Gasteiger partial charge on any atom is -0.309 e. The standard InChI is InChI=1S/C13H15BrF2N4/c1-3-17-11(12-13(14)18-19-20(12)2)6-8-4-5-9(15)7-10(8)16/h4-5,7,11,17H,3,6H2,1-2H3. The van der Waals surface area contributed by atoms with Crippen LogP contribution in [0.3, 0.4) is 0 Å². The van der Waals surface area contributed by atoms with Gasteiger partial charge in [-0.2, -0.15) is 0 Å². The molecule has 1 unspecified atom stereocenters. The Hall–Kier alpha value is -1.34. The second kappa shape index (κ2) is 6.41. The first-order chi connectivity index (χ1) is 9.52. The lowest BCUT2D eigenvalue weighted by Crippen LogP contribution is -2.26. The quantitative estimate of drug-likeness (QED) is 0.906. The van der Waals surface area contributed by atoms with Crippen LogP contribution >= 0.6 is 15.9 Å². The molecule has 1 heterocycles. The summed E-state index contributed by atoms with van der Waals surface area (Å²) in [5, 5.41) is 11.1. The maximum absolute atomic E-state index is 13.8. The minimum atomic E-state index is -0.574. The lowest BCUT2D eigenvalue weighted by molar-refractivity contribution is 0.489. The van der Waals surface area contributed by atoms with Crippen LogP contribution in [0.5, 0.6) is 0 Å². The normalized spacial score (nSPS) is 12.7. The monoisotopic (exact) mass is 344 g/mol. The van der Waals surface area contributed by atoms with E-state index in [4.69, 9.17) is 0 Å². The largest absolute Gasteiger partial charge is 0.309 e. The summed E-state index contributed by atoms with van der Waals surface area (Å²) in [4.78, 5) is 0. The number of likely N-dealkylation sites (N-methyl/N-ethyl adjacent to an activating group) is 1. The summed E-state index contributed by atoms with van der Waals surface area (Å²) < 4.78 is 29.0. The Bertz CT molecular complexity index is 581. The van der Waals surface area contributed by atoms with E-state index in [-0.39, 0.29) is 6.04 Å². The first-order valence-corrected chi connectivity index (χ1v) is 7.04. The molecule has 0 aliphatic heterocycles. The Kier molecular flexibility index (Phi) is 4.82. The van der Waals surface area contributed by atoms with Crippen molar-refractivity contribution in [1.29, 1.82) is 0 Å². The van der Waals surface area contributed by atoms with E-state index in [0.717, 1.165) is 11.8 Å². The number of nitrogens with zero attached hydrogens (tertiary/aromatic N) is 3. The van der Waals surface area contributed by atoms with Crippen molar-refractivity contribution in [3.63, 3.8) is 0 Å². The molecule has 0 radical (unpaired) electrons. The van der Waals surface area contributed by atoms with Crippen molar-refractivity contribution in [1.82, 2.24) is 20.3 Å². The maximum atomic E-state index is 13.8. The van der Waals surface area contributed by atoms with Crippen LogP contribution in [0.15, 0.2) is 22.8 Å². The molecule has 1 atom stereocenters. The van der Waals surface area contributed by atoms with E-state index in [9.17, 15) is 8.78 Å². The number of halogens is 3. The number of benzene rings is 1. The van der Waals surface area contributed by atoms with E-state index in [1.807, 2.05) is 6.92 Å². The molecule has 2 aromatic rings. The number of hydrogen-bond acceptors (Lipinski definition) is 3. The van der Waals surface area contributed by atoms with E-state index >= 15 is 0 Å². The highest BCUT2D eigenvalue weighted by atomic mass is 79.9. The molecule has 7 heteroatoms. The van der Waals surface area contributed by atoms with E-state index in [2.05, 4.69) is 31.6 Å². The van der Waals surface area contributed by atoms with Gasteiger partial charge >= 0.3 is 0 Å². The molecule has 0 fully saturated rings. The average molecular weight is 345 g/mol. The van der Waals surface area contributed by atoms with E-state index < -0.39 is 11.6 Å². The molecule has 108 valence electrons. The Morgan fingerprint density at radius 2 is 2.15 bits per heavy atom. The topological polar surface area (TPSA) is 42.7 Å². The molecule has 4 nitrogen and oxygen atoms in total. The van der Waals surface area contributed by atoms with Crippen molar-refractivity contribution in [3.05, 3.63) is 45.7 Å². The van der Waals surface area contributed by atoms with Crippen LogP contribution in [0.1, 0.15) is 24.2 Å². The van der Waals surface area contributed by atoms with Crippen LogP contribution in [0.4, 0.5) is 8.78 Å². The first kappa shape index (κ1) is 15.1. The highest BCUT2D eigenvalue weighted by Gasteiger charge is 2.21. The van der Waals surface area contributed by atoms with Gasteiger partial charge in [0.05, 0.1) is 11.7 Å². The number of hydrogen-bond donors (Lipinski definition) is 1. The average Bonchev–Trinajstić information content (AvgIpc) is 2.72. The number of aryl methyl sites for hydroxylation is 1. The van der Waals surface area contributed by atoms with Crippen LogP contribution in [0.2, 0.25) is 0 Å². The minimum absolute atomic E-state index is 0.158. The van der Waals surface area contributed by atoms with Gasteiger partial charge in [-0.25, -0.2) is 13.5 Å². The first-order valence-electron chi connectivity index (χ1n) is 6.25. The number of aromatic nitrogens is 3. The Balaban J connectivity index is 2.30. The van der Waals surface area contributed by atoms with Gasteiger partial charge in [-0.05, 0) is 40.5 Å². The van der Waals surface area contributed by atoms with Crippen LogP contribution in [0.25, 0.3) is 0 Å². The lowest BCUT2D eigenvalue weighted by Gasteiger charge is -2.18. The fourth-order valence-electron chi connectivity index (χ4n) is 2.13. The second-order valence-electron chi connectivity index (χ2n) is 4.44. The predicted molar refractivity (Wildman–Crippen MR) is 75.2 cm³/mol. The smallest absolute Gasteiger partial charge is 0.153 e. The van der Waals surface area contributed by atoms with Gasteiger partial charge in [0.1, 0.15) is 11.6 Å². The summed E-state index contributed by atoms with van der Waals surface area (Å²) in [7, 11) is 1.78. The third-order valence-corrected chi connectivity index (χ3v) is 3.61. The molecule has 0 aliphatic carbocycles. The number of nitrogens with one attached hydrogen (secondary N) is 1. The highest BCUT2D eigenvalue weighted by molar-refractivity contribution is 9.10. The molecule has 0 bridgehead atoms. The molecule has 1 N–H and O–H groups in total. The van der Waals surface area contributed by atoms with E-state index in [1.54, 1.807) is 11.7 Å². The fraction of sp³-hybridized carbons (Fsp3) is 0.385. The fourth-order valence-corrected chi connectivity index (χ4v) is 2.73.